The Hall–Kier alpha value is -4.91. The fraction of sp³-hybridized carbons (Fsp3) is 0.471. The topological polar surface area (TPSA) is 92.9 Å². The highest BCUT2D eigenvalue weighted by molar-refractivity contribution is 6.44. The second kappa shape index (κ2) is 15.0. The number of aromatic nitrogens is 4. The Balaban J connectivity index is 1.55. The molecule has 0 unspecified atom stereocenters. The van der Waals surface area contributed by atoms with E-state index in [9.17, 15) is 5.11 Å². The van der Waals surface area contributed by atoms with Crippen LogP contribution in [0.1, 0.15) is 144 Å². The van der Waals surface area contributed by atoms with Crippen molar-refractivity contribution < 1.29 is 5.11 Å². The van der Waals surface area contributed by atoms with Gasteiger partial charge in [0.15, 0.2) is 0 Å². The fourth-order valence-corrected chi connectivity index (χ4v) is 9.63. The number of nitrogens with one attached hydrogen (secondary N) is 1. The van der Waals surface area contributed by atoms with Crippen molar-refractivity contribution in [2.75, 3.05) is 0 Å². The lowest BCUT2D eigenvalue weighted by molar-refractivity contribution is 0.407. The van der Waals surface area contributed by atoms with E-state index >= 15 is 9.59 Å². The molecule has 0 spiro atoms. The minimum absolute atomic E-state index is 0.0872. The van der Waals surface area contributed by atoms with Gasteiger partial charge >= 0.3 is 0 Å². The first-order valence-corrected chi connectivity index (χ1v) is 22.1. The van der Waals surface area contributed by atoms with Crippen LogP contribution in [-0.4, -0.2) is 24.2 Å². The third-order valence-corrected chi connectivity index (χ3v) is 13.0. The lowest BCUT2D eigenvalue weighted by atomic mass is 9.86. The number of rotatable bonds is 14. The quantitative estimate of drug-likeness (QED) is 0.0849. The summed E-state index contributed by atoms with van der Waals surface area (Å²) in [4.78, 5) is 39.6. The second-order valence-electron chi connectivity index (χ2n) is 19.2. The molecule has 0 atom stereocenters. The minimum atomic E-state index is -0.281. The van der Waals surface area contributed by atoms with Crippen LogP contribution < -0.4 is 16.5 Å². The average molecular weight is 779 g/mol. The van der Waals surface area contributed by atoms with Gasteiger partial charge in [-0.05, 0) is 46.9 Å². The molecule has 4 heterocycles. The van der Waals surface area contributed by atoms with Crippen LogP contribution in [-0.2, 0) is 23.9 Å². The number of H-pyrrole nitrogens is 1. The normalized spacial score (nSPS) is 13.0. The summed E-state index contributed by atoms with van der Waals surface area (Å²) in [5, 5.41) is 20.3. The molecule has 2 N–H and O–H groups in total. The summed E-state index contributed by atoms with van der Waals surface area (Å²) in [6, 6.07) is 12.9. The van der Waals surface area contributed by atoms with Crippen molar-refractivity contribution >= 4 is 82.5 Å². The highest BCUT2D eigenvalue weighted by Crippen LogP contribution is 2.48. The Bertz CT molecular complexity index is 2990. The van der Waals surface area contributed by atoms with Gasteiger partial charge in [0.05, 0.1) is 32.7 Å². The lowest BCUT2D eigenvalue weighted by Crippen LogP contribution is -2.34. The number of fused-ring (bicyclic) bond motifs is 10. The fourth-order valence-electron chi connectivity index (χ4n) is 9.63. The van der Waals surface area contributed by atoms with E-state index in [0.29, 0.717) is 56.3 Å². The van der Waals surface area contributed by atoms with Crippen LogP contribution in [0, 0.1) is 0 Å². The maximum atomic E-state index is 15.2. The van der Waals surface area contributed by atoms with E-state index in [1.807, 2.05) is 4.57 Å². The molecule has 58 heavy (non-hydrogen) atoms. The molecule has 0 amide bonds. The van der Waals surface area contributed by atoms with E-state index in [2.05, 4.69) is 103 Å². The molecular weight excluding hydrogens is 717 g/mol. The van der Waals surface area contributed by atoms with Gasteiger partial charge in [0, 0.05) is 61.7 Å². The largest absolute Gasteiger partial charge is 0.494 e. The zero-order valence-electron chi connectivity index (χ0n) is 36.2. The maximum Gasteiger partial charge on any atom is 0.262 e. The number of aromatic hydroxyl groups is 1. The van der Waals surface area contributed by atoms with Crippen LogP contribution in [0.5, 0.6) is 5.88 Å². The predicted molar refractivity (Wildman–Crippen MR) is 247 cm³/mol. The average Bonchev–Trinajstić information content (AvgIpc) is 3.74. The maximum absolute atomic E-state index is 15.2. The molecule has 0 aliphatic heterocycles. The molecule has 7 heteroatoms. The Morgan fingerprint density at radius 1 is 0.603 bits per heavy atom. The Labute approximate surface area is 341 Å². The monoisotopic (exact) mass is 778 g/mol. The SMILES string of the molecule is C=c1c2c3[nH]c4cc(C(C)(C)C)ccc4c3c3c(=O)n(CCCCCCCC)c(=O)c4c5c6ccc(C(C)(C)C)cc6nc5c(c(O)n1CCCCCCCC)c2c43. The summed E-state index contributed by atoms with van der Waals surface area (Å²) in [6.07, 6.45) is 13.0. The molecule has 0 aliphatic carbocycles. The highest BCUT2D eigenvalue weighted by Gasteiger charge is 2.30. The number of nitrogens with zero attached hydrogens (tertiary/aromatic N) is 3. The number of aromatic amines is 1. The molecule has 8 rings (SSSR count). The summed E-state index contributed by atoms with van der Waals surface area (Å²) < 4.78 is 3.47. The molecule has 0 fully saturated rings. The zero-order chi connectivity index (χ0) is 41.3. The van der Waals surface area contributed by atoms with Crippen molar-refractivity contribution in [2.24, 2.45) is 0 Å². The number of unbranched alkanes of at least 4 members (excludes halogenated alkanes) is 10. The summed E-state index contributed by atoms with van der Waals surface area (Å²) >= 11 is 0. The zero-order valence-corrected chi connectivity index (χ0v) is 36.2. The molecule has 0 aliphatic rings. The van der Waals surface area contributed by atoms with Gasteiger partial charge in [-0.2, -0.15) is 0 Å². The van der Waals surface area contributed by atoms with Gasteiger partial charge in [-0.15, -0.1) is 0 Å². The van der Waals surface area contributed by atoms with Crippen molar-refractivity contribution in [3.8, 4) is 5.88 Å². The summed E-state index contributed by atoms with van der Waals surface area (Å²) in [6.45, 7) is 23.3. The third kappa shape index (κ3) is 6.44. The van der Waals surface area contributed by atoms with Gasteiger partial charge in [0.1, 0.15) is 0 Å². The van der Waals surface area contributed by atoms with E-state index in [0.717, 1.165) is 95.0 Å². The number of hydrogen-bond donors (Lipinski definition) is 2. The molecule has 304 valence electrons. The highest BCUT2D eigenvalue weighted by atomic mass is 16.3. The van der Waals surface area contributed by atoms with Crippen molar-refractivity contribution in [1.29, 1.82) is 0 Å². The van der Waals surface area contributed by atoms with Crippen molar-refractivity contribution in [3.05, 3.63) is 73.6 Å². The Kier molecular flexibility index (Phi) is 10.3. The summed E-state index contributed by atoms with van der Waals surface area (Å²) in [5.74, 6) is 0.0901. The molecule has 0 radical (unpaired) electrons. The van der Waals surface area contributed by atoms with Crippen molar-refractivity contribution in [2.45, 2.75) is 156 Å². The standard InChI is InChI=1S/C51H62N4O3/c1-10-12-14-16-18-20-26-54-30(3)37-40-41-42(38-33-24-22-31(50(4,5)6)28-35(33)52-45(37)38)47(56)55(27-21-19-17-15-13-11-2)48(57)43(41)39-34-25-23-32(51(7,8)9)29-36(34)53-46(39)44(40)49(54)58/h22-25,28-29,52,58H,3,10-21,26-27H2,1-2,4-9H3. The summed E-state index contributed by atoms with van der Waals surface area (Å²) in [5.41, 5.74) is 4.70. The molecule has 0 bridgehead atoms. The van der Waals surface area contributed by atoms with Gasteiger partial charge in [0.25, 0.3) is 11.1 Å². The molecule has 4 aromatic heterocycles. The van der Waals surface area contributed by atoms with E-state index in [1.54, 1.807) is 0 Å². The Morgan fingerprint density at radius 3 is 1.72 bits per heavy atom. The number of pyridine rings is 2. The predicted octanol–water partition coefficient (Wildman–Crippen LogP) is 12.4. The van der Waals surface area contributed by atoms with Crippen LogP contribution in [0.15, 0.2) is 46.0 Å². The first-order valence-electron chi connectivity index (χ1n) is 22.1. The van der Waals surface area contributed by atoms with Gasteiger partial charge in [0.2, 0.25) is 5.88 Å². The van der Waals surface area contributed by atoms with Crippen LogP contribution in [0.4, 0.5) is 0 Å². The van der Waals surface area contributed by atoms with E-state index in [-0.39, 0.29) is 27.8 Å². The van der Waals surface area contributed by atoms with Gasteiger partial charge in [-0.1, -0.05) is 150 Å². The smallest absolute Gasteiger partial charge is 0.262 e. The number of benzene rings is 4. The first kappa shape index (κ1) is 39.9. The first-order chi connectivity index (χ1) is 27.7. The van der Waals surface area contributed by atoms with Crippen LogP contribution in [0.25, 0.3) is 82.5 Å². The minimum Gasteiger partial charge on any atom is -0.494 e. The van der Waals surface area contributed by atoms with E-state index < -0.39 is 0 Å². The Morgan fingerprint density at radius 2 is 1.12 bits per heavy atom. The molecule has 7 nitrogen and oxygen atoms in total. The molecule has 4 aromatic carbocycles. The van der Waals surface area contributed by atoms with E-state index in [1.165, 1.54) is 35.8 Å². The van der Waals surface area contributed by atoms with Crippen LogP contribution >= 0.6 is 0 Å². The van der Waals surface area contributed by atoms with Crippen LogP contribution in [0.3, 0.4) is 0 Å². The lowest BCUT2D eigenvalue weighted by Gasteiger charge is -2.20. The molecular formula is C51H62N4O3. The second-order valence-corrected chi connectivity index (χ2v) is 19.2. The molecule has 8 aromatic rings. The summed E-state index contributed by atoms with van der Waals surface area (Å²) in [7, 11) is 0. The van der Waals surface area contributed by atoms with Crippen LogP contribution in [0.2, 0.25) is 0 Å². The van der Waals surface area contributed by atoms with Crippen molar-refractivity contribution in [1.82, 2.24) is 19.1 Å². The van der Waals surface area contributed by atoms with Gasteiger partial charge in [-0.25, -0.2) is 4.98 Å². The third-order valence-electron chi connectivity index (χ3n) is 13.0. The van der Waals surface area contributed by atoms with E-state index in [4.69, 9.17) is 4.98 Å². The number of hydrogen-bond acceptors (Lipinski definition) is 4. The molecule has 0 saturated carbocycles. The van der Waals surface area contributed by atoms with Gasteiger partial charge in [-0.3, -0.25) is 14.2 Å². The van der Waals surface area contributed by atoms with Gasteiger partial charge < -0.3 is 14.7 Å². The molecule has 0 saturated heterocycles. The van der Waals surface area contributed by atoms with Crippen molar-refractivity contribution in [3.63, 3.8) is 0 Å².